The molecule has 0 aliphatic heterocycles. The highest BCUT2D eigenvalue weighted by Crippen LogP contribution is 2.27. The van der Waals surface area contributed by atoms with Gasteiger partial charge in [-0.15, -0.1) is 0 Å². The molecule has 22 heavy (non-hydrogen) atoms. The van der Waals surface area contributed by atoms with Crippen LogP contribution >= 0.6 is 0 Å². The molecule has 0 unspecified atom stereocenters. The second-order valence-corrected chi connectivity index (χ2v) is 5.05. The van der Waals surface area contributed by atoms with E-state index in [0.717, 1.165) is 18.4 Å². The van der Waals surface area contributed by atoms with Gasteiger partial charge in [-0.3, -0.25) is 4.79 Å². The lowest BCUT2D eigenvalue weighted by molar-refractivity contribution is -0.122. The molecule has 0 saturated carbocycles. The largest absolute Gasteiger partial charge is 0.496 e. The number of rotatable bonds is 7. The van der Waals surface area contributed by atoms with Crippen LogP contribution in [0.15, 0.2) is 28.8 Å². The van der Waals surface area contributed by atoms with Crippen molar-refractivity contribution in [2.45, 2.75) is 39.2 Å². The van der Waals surface area contributed by atoms with Gasteiger partial charge < -0.3 is 14.6 Å². The van der Waals surface area contributed by atoms with Gasteiger partial charge in [-0.25, -0.2) is 0 Å². The molecule has 0 aliphatic rings. The number of unbranched alkanes of at least 4 members (excludes halogenated alkanes) is 1. The fourth-order valence-electron chi connectivity index (χ4n) is 2.06. The van der Waals surface area contributed by atoms with Crippen molar-refractivity contribution in [3.63, 3.8) is 0 Å². The Morgan fingerprint density at radius 2 is 2.18 bits per heavy atom. The molecule has 6 nitrogen and oxygen atoms in total. The molecule has 0 aliphatic carbocycles. The van der Waals surface area contributed by atoms with Gasteiger partial charge in [-0.1, -0.05) is 30.6 Å². The van der Waals surface area contributed by atoms with Gasteiger partial charge in [0.25, 0.3) is 0 Å². The van der Waals surface area contributed by atoms with E-state index in [1.54, 1.807) is 7.11 Å². The first kappa shape index (κ1) is 16.0. The second-order valence-electron chi connectivity index (χ2n) is 5.05. The number of hydrogen-bond donors (Lipinski definition) is 1. The molecule has 2 aromatic rings. The van der Waals surface area contributed by atoms with E-state index < -0.39 is 0 Å². The van der Waals surface area contributed by atoms with Crippen molar-refractivity contribution < 1.29 is 14.1 Å². The third-order valence-corrected chi connectivity index (χ3v) is 3.29. The van der Waals surface area contributed by atoms with E-state index in [0.29, 0.717) is 23.9 Å². The molecule has 1 heterocycles. The monoisotopic (exact) mass is 303 g/mol. The summed E-state index contributed by atoms with van der Waals surface area (Å²) in [7, 11) is 1.59. The smallest absolute Gasteiger partial charge is 0.249 e. The molecule has 0 fully saturated rings. The number of para-hydroxylation sites is 1. The number of aromatic nitrogens is 2. The van der Waals surface area contributed by atoms with Gasteiger partial charge in [-0.05, 0) is 25.5 Å². The van der Waals surface area contributed by atoms with Gasteiger partial charge in [0, 0.05) is 6.42 Å². The van der Waals surface area contributed by atoms with Gasteiger partial charge in [-0.2, -0.15) is 4.98 Å². The van der Waals surface area contributed by atoms with E-state index in [-0.39, 0.29) is 11.9 Å². The maximum absolute atomic E-state index is 11.7. The standard InChI is InChI=1S/C16H21N3O3/c1-4-5-10-14(20)17-11(2)16-18-15(19-22-16)12-8-6-7-9-13(12)21-3/h6-9,11H,4-5,10H2,1-3H3,(H,17,20)/t11-/m1/s1. The van der Waals surface area contributed by atoms with Crippen LogP contribution in [-0.2, 0) is 4.79 Å². The SMILES string of the molecule is CCCCC(=O)N[C@H](C)c1nc(-c2ccccc2OC)no1. The Bertz CT molecular complexity index is 625. The highest BCUT2D eigenvalue weighted by atomic mass is 16.5. The van der Waals surface area contributed by atoms with Gasteiger partial charge >= 0.3 is 0 Å². The van der Waals surface area contributed by atoms with Crippen LogP contribution in [0, 0.1) is 0 Å². The zero-order chi connectivity index (χ0) is 15.9. The van der Waals surface area contributed by atoms with E-state index in [4.69, 9.17) is 9.26 Å². The lowest BCUT2D eigenvalue weighted by atomic mass is 10.2. The van der Waals surface area contributed by atoms with Gasteiger partial charge in [0.1, 0.15) is 11.8 Å². The summed E-state index contributed by atoms with van der Waals surface area (Å²) in [4.78, 5) is 16.1. The molecule has 2 rings (SSSR count). The highest BCUT2D eigenvalue weighted by molar-refractivity contribution is 5.76. The fraction of sp³-hybridized carbons (Fsp3) is 0.438. The maximum Gasteiger partial charge on any atom is 0.249 e. The third kappa shape index (κ3) is 3.84. The minimum atomic E-state index is -0.319. The average Bonchev–Trinajstić information content (AvgIpc) is 3.02. The molecule has 0 spiro atoms. The lowest BCUT2D eigenvalue weighted by Crippen LogP contribution is -2.26. The second kappa shape index (κ2) is 7.59. The number of hydrogen-bond acceptors (Lipinski definition) is 5. The molecular weight excluding hydrogens is 282 g/mol. The number of amides is 1. The Morgan fingerprint density at radius 3 is 2.91 bits per heavy atom. The molecule has 6 heteroatoms. The molecule has 1 aromatic heterocycles. The number of ether oxygens (including phenoxy) is 1. The van der Waals surface area contributed by atoms with Crippen LogP contribution in [0.1, 0.15) is 45.0 Å². The zero-order valence-electron chi connectivity index (χ0n) is 13.1. The van der Waals surface area contributed by atoms with Crippen molar-refractivity contribution in [2.75, 3.05) is 7.11 Å². The Morgan fingerprint density at radius 1 is 1.41 bits per heavy atom. The number of nitrogens with zero attached hydrogens (tertiary/aromatic N) is 2. The van der Waals surface area contributed by atoms with Crippen molar-refractivity contribution in [3.05, 3.63) is 30.2 Å². The Hall–Kier alpha value is -2.37. The Kier molecular flexibility index (Phi) is 5.52. The predicted molar refractivity (Wildman–Crippen MR) is 82.4 cm³/mol. The van der Waals surface area contributed by atoms with Crippen LogP contribution in [-0.4, -0.2) is 23.2 Å². The summed E-state index contributed by atoms with van der Waals surface area (Å²) in [5, 5.41) is 6.83. The summed E-state index contributed by atoms with van der Waals surface area (Å²) in [6, 6.07) is 7.13. The molecule has 0 radical (unpaired) electrons. The van der Waals surface area contributed by atoms with Crippen LogP contribution in [0.5, 0.6) is 5.75 Å². The topological polar surface area (TPSA) is 77.2 Å². The number of benzene rings is 1. The molecule has 1 aromatic carbocycles. The van der Waals surface area contributed by atoms with Gasteiger partial charge in [0.15, 0.2) is 0 Å². The summed E-state index contributed by atoms with van der Waals surface area (Å²) in [5.74, 6) is 1.49. The summed E-state index contributed by atoms with van der Waals surface area (Å²) < 4.78 is 10.5. The van der Waals surface area contributed by atoms with Crippen LogP contribution in [0.25, 0.3) is 11.4 Å². The third-order valence-electron chi connectivity index (χ3n) is 3.29. The quantitative estimate of drug-likeness (QED) is 0.850. The Balaban J connectivity index is 2.09. The van der Waals surface area contributed by atoms with Crippen molar-refractivity contribution in [3.8, 4) is 17.1 Å². The zero-order valence-corrected chi connectivity index (χ0v) is 13.1. The van der Waals surface area contributed by atoms with Crippen molar-refractivity contribution >= 4 is 5.91 Å². The van der Waals surface area contributed by atoms with E-state index in [9.17, 15) is 4.79 Å². The number of carbonyl (C=O) groups is 1. The maximum atomic E-state index is 11.7. The molecule has 1 amide bonds. The fourth-order valence-corrected chi connectivity index (χ4v) is 2.06. The van der Waals surface area contributed by atoms with E-state index in [2.05, 4.69) is 15.5 Å². The summed E-state index contributed by atoms with van der Waals surface area (Å²) in [5.41, 5.74) is 0.754. The number of nitrogens with one attached hydrogen (secondary N) is 1. The van der Waals surface area contributed by atoms with Crippen LogP contribution in [0.2, 0.25) is 0 Å². The van der Waals surface area contributed by atoms with Crippen molar-refractivity contribution in [2.24, 2.45) is 0 Å². The molecule has 118 valence electrons. The van der Waals surface area contributed by atoms with Crippen LogP contribution < -0.4 is 10.1 Å². The summed E-state index contributed by atoms with van der Waals surface area (Å²) in [6.07, 6.45) is 2.36. The van der Waals surface area contributed by atoms with E-state index in [1.165, 1.54) is 0 Å². The van der Waals surface area contributed by atoms with Gasteiger partial charge in [0.05, 0.1) is 12.7 Å². The molecular formula is C16H21N3O3. The first-order valence-corrected chi connectivity index (χ1v) is 7.42. The minimum Gasteiger partial charge on any atom is -0.496 e. The predicted octanol–water partition coefficient (Wildman–Crippen LogP) is 3.11. The highest BCUT2D eigenvalue weighted by Gasteiger charge is 2.18. The average molecular weight is 303 g/mol. The number of methoxy groups -OCH3 is 1. The van der Waals surface area contributed by atoms with Crippen LogP contribution in [0.3, 0.4) is 0 Å². The molecule has 1 atom stereocenters. The van der Waals surface area contributed by atoms with Crippen molar-refractivity contribution in [1.29, 1.82) is 0 Å². The lowest BCUT2D eigenvalue weighted by Gasteiger charge is -2.09. The summed E-state index contributed by atoms with van der Waals surface area (Å²) >= 11 is 0. The van der Waals surface area contributed by atoms with Crippen molar-refractivity contribution in [1.82, 2.24) is 15.5 Å². The first-order chi connectivity index (χ1) is 10.7. The van der Waals surface area contributed by atoms with Crippen LogP contribution in [0.4, 0.5) is 0 Å². The van der Waals surface area contributed by atoms with Gasteiger partial charge in [0.2, 0.25) is 17.6 Å². The molecule has 0 bridgehead atoms. The number of carbonyl (C=O) groups excluding carboxylic acids is 1. The minimum absolute atomic E-state index is 0.00797. The van der Waals surface area contributed by atoms with E-state index in [1.807, 2.05) is 38.1 Å². The normalized spacial score (nSPS) is 12.0. The molecule has 0 saturated heterocycles. The van der Waals surface area contributed by atoms with E-state index >= 15 is 0 Å². The molecule has 1 N–H and O–H groups in total. The summed E-state index contributed by atoms with van der Waals surface area (Å²) in [6.45, 7) is 3.87. The Labute approximate surface area is 129 Å². The first-order valence-electron chi connectivity index (χ1n) is 7.42.